The fourth-order valence-corrected chi connectivity index (χ4v) is 6.54. The lowest BCUT2D eigenvalue weighted by atomic mass is 10.0. The SMILES string of the molecule is CCCCc1ccc2c(c1)c1ccc(Oc3cccc(-n4nc(C)c(-c5ccccc5)c4C)c3)cc1n2-c1cc(C(C)C)ccn1. The van der Waals surface area contributed by atoms with Crippen molar-refractivity contribution in [3.63, 3.8) is 0 Å². The van der Waals surface area contributed by atoms with Crippen molar-refractivity contribution in [2.45, 2.75) is 59.8 Å². The maximum absolute atomic E-state index is 6.56. The van der Waals surface area contributed by atoms with Crippen molar-refractivity contribution in [3.05, 3.63) is 132 Å². The van der Waals surface area contributed by atoms with Gasteiger partial charge in [0.05, 0.1) is 22.4 Å². The van der Waals surface area contributed by atoms with Gasteiger partial charge in [-0.05, 0) is 97.8 Å². The summed E-state index contributed by atoms with van der Waals surface area (Å²) < 4.78 is 10.9. The third-order valence-electron chi connectivity index (χ3n) is 8.94. The van der Waals surface area contributed by atoms with Crippen LogP contribution in [0.2, 0.25) is 0 Å². The number of ether oxygens (including phenoxy) is 1. The van der Waals surface area contributed by atoms with Gasteiger partial charge >= 0.3 is 0 Å². The highest BCUT2D eigenvalue weighted by Gasteiger charge is 2.17. The van der Waals surface area contributed by atoms with Gasteiger partial charge in [0.25, 0.3) is 0 Å². The number of unbranched alkanes of at least 4 members (excludes halogenated alkanes) is 1. The molecule has 0 fully saturated rings. The molecule has 5 nitrogen and oxygen atoms in total. The van der Waals surface area contributed by atoms with Gasteiger partial charge in [0.1, 0.15) is 17.3 Å². The lowest BCUT2D eigenvalue weighted by Gasteiger charge is -2.12. The number of hydrogen-bond acceptors (Lipinski definition) is 3. The molecule has 0 spiro atoms. The monoisotopic (exact) mass is 604 g/mol. The van der Waals surface area contributed by atoms with Crippen LogP contribution in [-0.4, -0.2) is 19.3 Å². The van der Waals surface area contributed by atoms with Gasteiger partial charge in [-0.2, -0.15) is 5.10 Å². The molecule has 0 aliphatic heterocycles. The van der Waals surface area contributed by atoms with Crippen LogP contribution in [-0.2, 0) is 6.42 Å². The molecule has 46 heavy (non-hydrogen) atoms. The van der Waals surface area contributed by atoms with Gasteiger partial charge in [-0.1, -0.05) is 69.7 Å². The molecule has 0 radical (unpaired) electrons. The molecule has 3 aromatic heterocycles. The third-order valence-corrected chi connectivity index (χ3v) is 8.94. The van der Waals surface area contributed by atoms with E-state index in [1.54, 1.807) is 0 Å². The fraction of sp³-hybridized carbons (Fsp3) is 0.220. The Labute approximate surface area is 271 Å². The predicted octanol–water partition coefficient (Wildman–Crippen LogP) is 10.9. The molecule has 4 aromatic carbocycles. The van der Waals surface area contributed by atoms with Crippen LogP contribution in [0.3, 0.4) is 0 Å². The van der Waals surface area contributed by atoms with E-state index >= 15 is 0 Å². The summed E-state index contributed by atoms with van der Waals surface area (Å²) in [5, 5.41) is 7.35. The number of aryl methyl sites for hydroxylation is 2. The van der Waals surface area contributed by atoms with E-state index in [1.165, 1.54) is 40.3 Å². The first-order chi connectivity index (χ1) is 22.4. The predicted molar refractivity (Wildman–Crippen MR) is 190 cm³/mol. The fourth-order valence-electron chi connectivity index (χ4n) is 6.54. The van der Waals surface area contributed by atoms with Crippen LogP contribution in [0.4, 0.5) is 0 Å². The van der Waals surface area contributed by atoms with Crippen LogP contribution in [0.15, 0.2) is 109 Å². The first-order valence-electron chi connectivity index (χ1n) is 16.3. The average molecular weight is 605 g/mol. The van der Waals surface area contributed by atoms with E-state index in [-0.39, 0.29) is 0 Å². The first-order valence-corrected chi connectivity index (χ1v) is 16.3. The normalized spacial score (nSPS) is 11.6. The molecule has 0 saturated heterocycles. The van der Waals surface area contributed by atoms with E-state index in [4.69, 9.17) is 14.8 Å². The lowest BCUT2D eigenvalue weighted by Crippen LogP contribution is -2.00. The van der Waals surface area contributed by atoms with Gasteiger partial charge < -0.3 is 4.74 Å². The molecule has 0 aliphatic carbocycles. The highest BCUT2D eigenvalue weighted by atomic mass is 16.5. The Balaban J connectivity index is 1.30. The number of pyridine rings is 1. The van der Waals surface area contributed by atoms with Crippen LogP contribution in [0.1, 0.15) is 62.0 Å². The Kier molecular flexibility index (Phi) is 7.91. The quantitative estimate of drug-likeness (QED) is 0.165. The van der Waals surface area contributed by atoms with Crippen molar-refractivity contribution >= 4 is 21.8 Å². The molecule has 3 heterocycles. The van der Waals surface area contributed by atoms with Crippen molar-refractivity contribution in [2.75, 3.05) is 0 Å². The molecular formula is C41H40N4O. The summed E-state index contributed by atoms with van der Waals surface area (Å²) in [7, 11) is 0. The highest BCUT2D eigenvalue weighted by Crippen LogP contribution is 2.37. The van der Waals surface area contributed by atoms with E-state index in [0.29, 0.717) is 5.92 Å². The summed E-state index contributed by atoms with van der Waals surface area (Å²) in [6.45, 7) is 10.9. The molecule has 0 N–H and O–H groups in total. The Morgan fingerprint density at radius 1 is 0.761 bits per heavy atom. The third kappa shape index (κ3) is 5.47. The molecule has 0 amide bonds. The smallest absolute Gasteiger partial charge is 0.137 e. The molecule has 5 heteroatoms. The standard InChI is InChI=1S/C41H40N4O/c1-6-7-12-30-17-20-38-37(23-30)36-19-18-35(26-39(36)44(38)40-24-32(27(2)3)21-22-42-40)46-34-16-11-15-33(25-34)45-29(5)41(28(4)43-45)31-13-9-8-10-14-31/h8-11,13-27H,6-7,12H2,1-5H3. The van der Waals surface area contributed by atoms with E-state index < -0.39 is 0 Å². The van der Waals surface area contributed by atoms with E-state index in [9.17, 15) is 0 Å². The van der Waals surface area contributed by atoms with Crippen LogP contribution in [0.25, 0.3) is 44.4 Å². The van der Waals surface area contributed by atoms with Crippen LogP contribution >= 0.6 is 0 Å². The summed E-state index contributed by atoms with van der Waals surface area (Å²) in [5.74, 6) is 2.87. The number of benzene rings is 4. The Morgan fingerprint density at radius 2 is 1.59 bits per heavy atom. The summed E-state index contributed by atoms with van der Waals surface area (Å²) in [4.78, 5) is 4.85. The van der Waals surface area contributed by atoms with Gasteiger partial charge in [-0.25, -0.2) is 9.67 Å². The number of hydrogen-bond donors (Lipinski definition) is 0. The summed E-state index contributed by atoms with van der Waals surface area (Å²) >= 11 is 0. The van der Waals surface area contributed by atoms with Crippen LogP contribution in [0.5, 0.6) is 11.5 Å². The molecule has 0 unspecified atom stereocenters. The molecule has 0 saturated carbocycles. The minimum absolute atomic E-state index is 0.410. The van der Waals surface area contributed by atoms with Crippen LogP contribution in [0, 0.1) is 13.8 Å². The number of nitrogens with zero attached hydrogens (tertiary/aromatic N) is 4. The molecule has 7 rings (SSSR count). The minimum Gasteiger partial charge on any atom is -0.457 e. The Morgan fingerprint density at radius 3 is 2.39 bits per heavy atom. The zero-order chi connectivity index (χ0) is 31.8. The zero-order valence-electron chi connectivity index (χ0n) is 27.3. The van der Waals surface area contributed by atoms with E-state index in [0.717, 1.165) is 57.4 Å². The molecule has 0 atom stereocenters. The second-order valence-corrected chi connectivity index (χ2v) is 12.5. The average Bonchev–Trinajstić information content (AvgIpc) is 3.56. The maximum atomic E-state index is 6.56. The summed E-state index contributed by atoms with van der Waals surface area (Å²) in [6.07, 6.45) is 5.37. The van der Waals surface area contributed by atoms with Crippen molar-refractivity contribution < 1.29 is 4.74 Å². The van der Waals surface area contributed by atoms with Crippen molar-refractivity contribution in [2.24, 2.45) is 0 Å². The largest absolute Gasteiger partial charge is 0.457 e. The topological polar surface area (TPSA) is 44.9 Å². The Bertz CT molecular complexity index is 2170. The van der Waals surface area contributed by atoms with Gasteiger partial charge in [-0.3, -0.25) is 4.57 Å². The molecule has 0 bridgehead atoms. The first kappa shape index (κ1) is 29.5. The van der Waals surface area contributed by atoms with Gasteiger partial charge in [0.15, 0.2) is 0 Å². The lowest BCUT2D eigenvalue weighted by molar-refractivity contribution is 0.482. The summed E-state index contributed by atoms with van der Waals surface area (Å²) in [6, 6.07) is 36.2. The highest BCUT2D eigenvalue weighted by molar-refractivity contribution is 6.09. The van der Waals surface area contributed by atoms with E-state index in [1.807, 2.05) is 29.1 Å². The van der Waals surface area contributed by atoms with Crippen LogP contribution < -0.4 is 4.74 Å². The molecular weight excluding hydrogens is 564 g/mol. The maximum Gasteiger partial charge on any atom is 0.137 e. The second-order valence-electron chi connectivity index (χ2n) is 12.5. The van der Waals surface area contributed by atoms with Crippen molar-refractivity contribution in [1.29, 1.82) is 0 Å². The number of fused-ring (bicyclic) bond motifs is 3. The van der Waals surface area contributed by atoms with Crippen molar-refractivity contribution in [1.82, 2.24) is 19.3 Å². The van der Waals surface area contributed by atoms with Gasteiger partial charge in [0, 0.05) is 40.4 Å². The second kappa shape index (κ2) is 12.3. The minimum atomic E-state index is 0.410. The number of rotatable bonds is 9. The van der Waals surface area contributed by atoms with Gasteiger partial charge in [-0.15, -0.1) is 0 Å². The summed E-state index contributed by atoms with van der Waals surface area (Å²) in [5.41, 5.74) is 10.3. The molecule has 0 aliphatic rings. The van der Waals surface area contributed by atoms with Crippen molar-refractivity contribution in [3.8, 4) is 34.1 Å². The van der Waals surface area contributed by atoms with E-state index in [2.05, 4.69) is 124 Å². The Hall–Kier alpha value is -5.16. The number of aromatic nitrogens is 4. The molecule has 230 valence electrons. The molecule has 7 aromatic rings. The zero-order valence-corrected chi connectivity index (χ0v) is 27.3. The van der Waals surface area contributed by atoms with Gasteiger partial charge in [0.2, 0.25) is 0 Å².